The maximum absolute atomic E-state index is 4.53. The van der Waals surface area contributed by atoms with Crippen molar-refractivity contribution in [1.82, 2.24) is 5.01 Å². The predicted octanol–water partition coefficient (Wildman–Crippen LogP) is 3.47. The van der Waals surface area contributed by atoms with Gasteiger partial charge in [-0.25, -0.2) is 4.99 Å². The van der Waals surface area contributed by atoms with Crippen LogP contribution in [0.1, 0.15) is 11.1 Å². The highest BCUT2D eigenvalue weighted by atomic mass is 32.1. The van der Waals surface area contributed by atoms with Crippen LogP contribution in [0.25, 0.3) is 0 Å². The molecule has 0 saturated heterocycles. The second-order valence-electron chi connectivity index (χ2n) is 4.87. The molecule has 0 bridgehead atoms. The molecular formula is C16H17N3S. The van der Waals surface area contributed by atoms with Crippen LogP contribution in [0.2, 0.25) is 0 Å². The molecule has 2 aromatic rings. The lowest BCUT2D eigenvalue weighted by Crippen LogP contribution is -2.40. The summed E-state index contributed by atoms with van der Waals surface area (Å²) >= 11 is 4.53. The van der Waals surface area contributed by atoms with E-state index in [0.29, 0.717) is 0 Å². The Bertz CT molecular complexity index is 595. The van der Waals surface area contributed by atoms with Crippen molar-refractivity contribution in [2.45, 2.75) is 19.0 Å². The number of anilines is 1. The Labute approximate surface area is 124 Å². The van der Waals surface area contributed by atoms with Crippen LogP contribution in [-0.2, 0) is 6.54 Å². The van der Waals surface area contributed by atoms with Crippen molar-refractivity contribution >= 4 is 24.7 Å². The number of hydrogen-bond acceptors (Lipinski definition) is 4. The van der Waals surface area contributed by atoms with Crippen molar-refractivity contribution in [2.75, 3.05) is 5.01 Å². The molecule has 102 valence electrons. The Morgan fingerprint density at radius 3 is 2.45 bits per heavy atom. The summed E-state index contributed by atoms with van der Waals surface area (Å²) < 4.78 is 0. The van der Waals surface area contributed by atoms with Gasteiger partial charge in [-0.3, -0.25) is 5.01 Å². The zero-order chi connectivity index (χ0) is 13.9. The van der Waals surface area contributed by atoms with Crippen LogP contribution < -0.4 is 5.01 Å². The van der Waals surface area contributed by atoms with E-state index >= 15 is 0 Å². The summed E-state index contributed by atoms with van der Waals surface area (Å²) in [6.45, 7) is 2.87. The Morgan fingerprint density at radius 2 is 1.75 bits per heavy atom. The third-order valence-corrected chi connectivity index (χ3v) is 3.74. The third kappa shape index (κ3) is 2.71. The van der Waals surface area contributed by atoms with Gasteiger partial charge in [0.2, 0.25) is 0 Å². The van der Waals surface area contributed by atoms with Crippen molar-refractivity contribution in [1.29, 1.82) is 0 Å². The highest BCUT2D eigenvalue weighted by Crippen LogP contribution is 2.25. The molecule has 4 heteroatoms. The lowest BCUT2D eigenvalue weighted by Gasteiger charge is -2.30. The van der Waals surface area contributed by atoms with E-state index in [0.717, 1.165) is 12.2 Å². The van der Waals surface area contributed by atoms with Gasteiger partial charge >= 0.3 is 0 Å². The number of aryl methyl sites for hydroxylation is 1. The topological polar surface area (TPSA) is 18.8 Å². The van der Waals surface area contributed by atoms with E-state index in [9.17, 15) is 0 Å². The summed E-state index contributed by atoms with van der Waals surface area (Å²) in [6.07, 6.45) is 1.84. The monoisotopic (exact) mass is 283 g/mol. The van der Waals surface area contributed by atoms with Crippen molar-refractivity contribution in [3.05, 3.63) is 65.7 Å². The molecule has 1 heterocycles. The van der Waals surface area contributed by atoms with E-state index in [-0.39, 0.29) is 5.50 Å². The van der Waals surface area contributed by atoms with E-state index < -0.39 is 0 Å². The first-order valence-corrected chi connectivity index (χ1v) is 7.13. The lowest BCUT2D eigenvalue weighted by atomic mass is 10.2. The normalized spacial score (nSPS) is 18.7. The maximum Gasteiger partial charge on any atom is 0.165 e. The van der Waals surface area contributed by atoms with Gasteiger partial charge in [0.1, 0.15) is 6.34 Å². The Hall–Kier alpha value is -1.78. The molecule has 0 aromatic heterocycles. The molecular weight excluding hydrogens is 266 g/mol. The zero-order valence-corrected chi connectivity index (χ0v) is 12.2. The molecule has 0 N–H and O–H groups in total. The summed E-state index contributed by atoms with van der Waals surface area (Å²) in [5.41, 5.74) is 3.46. The minimum Gasteiger partial charge on any atom is -0.261 e. The number of aliphatic imine (C=N–C) groups is 1. The van der Waals surface area contributed by atoms with Gasteiger partial charge in [-0.15, -0.1) is 12.6 Å². The number of rotatable bonds is 3. The fourth-order valence-corrected chi connectivity index (χ4v) is 2.47. The van der Waals surface area contributed by atoms with Gasteiger partial charge < -0.3 is 0 Å². The van der Waals surface area contributed by atoms with Crippen molar-refractivity contribution in [2.24, 2.45) is 4.99 Å². The van der Waals surface area contributed by atoms with Crippen LogP contribution in [-0.4, -0.2) is 16.8 Å². The summed E-state index contributed by atoms with van der Waals surface area (Å²) in [5.74, 6) is 0. The third-order valence-electron chi connectivity index (χ3n) is 3.34. The Balaban J connectivity index is 1.83. The molecule has 1 aliphatic heterocycles. The molecule has 0 aliphatic carbocycles. The zero-order valence-electron chi connectivity index (χ0n) is 11.3. The van der Waals surface area contributed by atoms with Crippen LogP contribution in [0.5, 0.6) is 0 Å². The first kappa shape index (κ1) is 13.2. The molecule has 1 unspecified atom stereocenters. The van der Waals surface area contributed by atoms with Crippen LogP contribution in [0.3, 0.4) is 0 Å². The van der Waals surface area contributed by atoms with Gasteiger partial charge in [0.15, 0.2) is 5.50 Å². The van der Waals surface area contributed by atoms with Crippen molar-refractivity contribution < 1.29 is 0 Å². The number of thiol groups is 1. The molecule has 0 radical (unpaired) electrons. The van der Waals surface area contributed by atoms with E-state index in [1.165, 1.54) is 11.1 Å². The summed E-state index contributed by atoms with van der Waals surface area (Å²) in [4.78, 5) is 4.39. The standard InChI is InChI=1S/C16H17N3S/c1-13-7-9-15(10-8-13)19-12-17-16(20)18(19)11-14-5-3-2-4-6-14/h2-10,12,16,20H,11H2,1H3. The molecule has 3 nitrogen and oxygen atoms in total. The van der Waals surface area contributed by atoms with Gasteiger partial charge in [-0.2, -0.15) is 5.01 Å². The molecule has 20 heavy (non-hydrogen) atoms. The van der Waals surface area contributed by atoms with E-state index in [1.54, 1.807) is 0 Å². The second kappa shape index (κ2) is 5.69. The lowest BCUT2D eigenvalue weighted by molar-refractivity contribution is 0.287. The van der Waals surface area contributed by atoms with Gasteiger partial charge in [0.25, 0.3) is 0 Å². The quantitative estimate of drug-likeness (QED) is 0.870. The SMILES string of the molecule is Cc1ccc(N2C=NC(S)N2Cc2ccccc2)cc1. The minimum absolute atomic E-state index is 0.142. The van der Waals surface area contributed by atoms with Gasteiger partial charge in [-0.05, 0) is 24.6 Å². The minimum atomic E-state index is -0.142. The molecule has 3 rings (SSSR count). The summed E-state index contributed by atoms with van der Waals surface area (Å²) in [6, 6.07) is 18.8. The number of hydrazine groups is 1. The van der Waals surface area contributed by atoms with Crippen LogP contribution in [0.4, 0.5) is 5.69 Å². The molecule has 0 saturated carbocycles. The molecule has 2 aromatic carbocycles. The Morgan fingerprint density at radius 1 is 1.05 bits per heavy atom. The smallest absolute Gasteiger partial charge is 0.165 e. The van der Waals surface area contributed by atoms with Gasteiger partial charge in [0.05, 0.1) is 5.69 Å². The Kier molecular flexibility index (Phi) is 3.76. The predicted molar refractivity (Wildman–Crippen MR) is 86.9 cm³/mol. The van der Waals surface area contributed by atoms with Crippen LogP contribution in [0.15, 0.2) is 59.6 Å². The fourth-order valence-electron chi connectivity index (χ4n) is 2.22. The number of hydrogen-bond donors (Lipinski definition) is 1. The first-order chi connectivity index (χ1) is 9.74. The van der Waals surface area contributed by atoms with Crippen LogP contribution in [0, 0.1) is 6.92 Å². The molecule has 1 aliphatic rings. The maximum atomic E-state index is 4.53. The van der Waals surface area contributed by atoms with Crippen molar-refractivity contribution in [3.8, 4) is 0 Å². The summed E-state index contributed by atoms with van der Waals surface area (Å²) in [5, 5.41) is 4.19. The average molecular weight is 283 g/mol. The van der Waals surface area contributed by atoms with Crippen LogP contribution >= 0.6 is 12.6 Å². The van der Waals surface area contributed by atoms with E-state index in [1.807, 2.05) is 12.4 Å². The molecule has 0 fully saturated rings. The fraction of sp³-hybridized carbons (Fsp3) is 0.188. The van der Waals surface area contributed by atoms with Gasteiger partial charge in [0, 0.05) is 6.54 Å². The second-order valence-corrected chi connectivity index (χ2v) is 5.34. The first-order valence-electron chi connectivity index (χ1n) is 6.62. The number of nitrogens with zero attached hydrogens (tertiary/aromatic N) is 3. The van der Waals surface area contributed by atoms with E-state index in [4.69, 9.17) is 0 Å². The largest absolute Gasteiger partial charge is 0.261 e. The van der Waals surface area contributed by atoms with Crippen molar-refractivity contribution in [3.63, 3.8) is 0 Å². The highest BCUT2D eigenvalue weighted by Gasteiger charge is 2.26. The van der Waals surface area contributed by atoms with Gasteiger partial charge in [-0.1, -0.05) is 48.0 Å². The molecule has 0 amide bonds. The molecule has 0 spiro atoms. The van der Waals surface area contributed by atoms with E-state index in [2.05, 4.69) is 83.1 Å². The highest BCUT2D eigenvalue weighted by molar-refractivity contribution is 7.80. The number of benzene rings is 2. The molecule has 1 atom stereocenters. The summed E-state index contributed by atoms with van der Waals surface area (Å²) in [7, 11) is 0. The average Bonchev–Trinajstić information content (AvgIpc) is 2.83.